The van der Waals surface area contributed by atoms with E-state index >= 15 is 0 Å². The summed E-state index contributed by atoms with van der Waals surface area (Å²) in [4.78, 5) is 16.0. The van der Waals surface area contributed by atoms with Crippen LogP contribution >= 0.6 is 11.3 Å². The van der Waals surface area contributed by atoms with Crippen LogP contribution in [-0.4, -0.2) is 9.91 Å². The topological polar surface area (TPSA) is 79.8 Å². The number of nitro groups is 1. The molecular weight excluding hydrogens is 346 g/mol. The van der Waals surface area contributed by atoms with Gasteiger partial charge in [0.1, 0.15) is 11.1 Å². The van der Waals surface area contributed by atoms with E-state index in [1.165, 1.54) is 29.0 Å². The van der Waals surface area contributed by atoms with Gasteiger partial charge in [0.2, 0.25) is 0 Å². The Kier molecular flexibility index (Phi) is 4.92. The van der Waals surface area contributed by atoms with Gasteiger partial charge < -0.3 is 0 Å². The number of rotatable bonds is 4. The van der Waals surface area contributed by atoms with Crippen molar-refractivity contribution in [2.45, 2.75) is 13.8 Å². The normalized spacial score (nSPS) is 11.2. The lowest BCUT2D eigenvalue weighted by Gasteiger charge is -1.99. The zero-order chi connectivity index (χ0) is 18.7. The first-order valence-corrected chi connectivity index (χ1v) is 8.70. The largest absolute Gasteiger partial charge is 0.269 e. The molecule has 2 aromatic carbocycles. The quantitative estimate of drug-likeness (QED) is 0.354. The first-order chi connectivity index (χ1) is 12.5. The summed E-state index contributed by atoms with van der Waals surface area (Å²) in [6.07, 6.45) is 1.70. The first-order valence-electron chi connectivity index (χ1n) is 7.89. The van der Waals surface area contributed by atoms with E-state index in [1.54, 1.807) is 18.2 Å². The number of aromatic nitrogens is 1. The third kappa shape index (κ3) is 3.68. The summed E-state index contributed by atoms with van der Waals surface area (Å²) in [5.41, 5.74) is 4.24. The number of non-ortho nitro benzene ring substituents is 1. The molecule has 0 aliphatic rings. The van der Waals surface area contributed by atoms with Gasteiger partial charge in [-0.2, -0.15) is 5.26 Å². The SMILES string of the molecule is Cc1ccc(-c2nc(/C(C#N)=C\c3ccc([N+](=O)[O-])cc3)sc2C)cc1. The summed E-state index contributed by atoms with van der Waals surface area (Å²) in [7, 11) is 0. The van der Waals surface area contributed by atoms with Crippen molar-refractivity contribution in [2.24, 2.45) is 0 Å². The molecule has 0 bridgehead atoms. The number of thiazole rings is 1. The van der Waals surface area contributed by atoms with Crippen molar-refractivity contribution in [3.63, 3.8) is 0 Å². The predicted octanol–water partition coefficient (Wildman–Crippen LogP) is 5.40. The summed E-state index contributed by atoms with van der Waals surface area (Å²) in [5.74, 6) is 0. The third-order valence-electron chi connectivity index (χ3n) is 3.89. The van der Waals surface area contributed by atoms with Crippen LogP contribution in [0.3, 0.4) is 0 Å². The van der Waals surface area contributed by atoms with E-state index in [4.69, 9.17) is 0 Å². The minimum Gasteiger partial charge on any atom is -0.258 e. The Balaban J connectivity index is 1.96. The number of hydrogen-bond donors (Lipinski definition) is 0. The van der Waals surface area contributed by atoms with E-state index in [-0.39, 0.29) is 5.69 Å². The molecule has 1 heterocycles. The van der Waals surface area contributed by atoms with Crippen molar-refractivity contribution in [3.05, 3.63) is 79.7 Å². The minimum atomic E-state index is -0.448. The Morgan fingerprint density at radius 3 is 2.38 bits per heavy atom. The maximum atomic E-state index is 10.7. The molecule has 0 atom stereocenters. The number of hydrogen-bond acceptors (Lipinski definition) is 5. The Morgan fingerprint density at radius 1 is 1.15 bits per heavy atom. The maximum absolute atomic E-state index is 10.7. The van der Waals surface area contributed by atoms with E-state index in [0.29, 0.717) is 10.6 Å². The zero-order valence-electron chi connectivity index (χ0n) is 14.3. The number of nitro benzene ring substituents is 1. The molecule has 1 aromatic heterocycles. The molecular formula is C20H15N3O2S. The van der Waals surface area contributed by atoms with Gasteiger partial charge in [-0.05, 0) is 37.6 Å². The van der Waals surface area contributed by atoms with Crippen LogP contribution in [0.1, 0.15) is 21.0 Å². The molecule has 0 unspecified atom stereocenters. The van der Waals surface area contributed by atoms with Crippen LogP contribution in [-0.2, 0) is 0 Å². The van der Waals surface area contributed by atoms with Crippen LogP contribution < -0.4 is 0 Å². The molecule has 0 radical (unpaired) electrons. The molecule has 0 saturated heterocycles. The Bertz CT molecular complexity index is 1030. The zero-order valence-corrected chi connectivity index (χ0v) is 15.1. The van der Waals surface area contributed by atoms with E-state index in [9.17, 15) is 15.4 Å². The van der Waals surface area contributed by atoms with Crippen molar-refractivity contribution in [1.29, 1.82) is 5.26 Å². The summed E-state index contributed by atoms with van der Waals surface area (Å²) in [6, 6.07) is 16.4. The highest BCUT2D eigenvalue weighted by Gasteiger charge is 2.13. The van der Waals surface area contributed by atoms with Crippen LogP contribution in [0.2, 0.25) is 0 Å². The fourth-order valence-corrected chi connectivity index (χ4v) is 3.39. The maximum Gasteiger partial charge on any atom is 0.269 e. The molecule has 3 aromatic rings. The predicted molar refractivity (Wildman–Crippen MR) is 104 cm³/mol. The highest BCUT2D eigenvalue weighted by atomic mass is 32.1. The van der Waals surface area contributed by atoms with E-state index in [2.05, 4.69) is 11.1 Å². The second kappa shape index (κ2) is 7.30. The average molecular weight is 361 g/mol. The first kappa shape index (κ1) is 17.5. The molecule has 0 amide bonds. The summed E-state index contributed by atoms with van der Waals surface area (Å²) >= 11 is 1.46. The molecule has 6 heteroatoms. The van der Waals surface area contributed by atoms with Crippen LogP contribution in [0.5, 0.6) is 0 Å². The monoisotopic (exact) mass is 361 g/mol. The molecule has 0 fully saturated rings. The second-order valence-corrected chi connectivity index (χ2v) is 7.01. The number of nitrogens with zero attached hydrogens (tertiary/aromatic N) is 3. The molecule has 5 nitrogen and oxygen atoms in total. The molecule has 0 N–H and O–H groups in total. The van der Waals surface area contributed by atoms with Crippen molar-refractivity contribution >= 4 is 28.7 Å². The fourth-order valence-electron chi connectivity index (χ4n) is 2.49. The molecule has 0 aliphatic carbocycles. The molecule has 128 valence electrons. The number of nitriles is 1. The standard InChI is InChI=1S/C20H15N3O2S/c1-13-3-7-16(8-4-13)19-14(2)26-20(22-19)17(12-21)11-15-5-9-18(10-6-15)23(24)25/h3-11H,1-2H3/b17-11-. The highest BCUT2D eigenvalue weighted by Crippen LogP contribution is 2.32. The van der Waals surface area contributed by atoms with Crippen molar-refractivity contribution in [1.82, 2.24) is 4.98 Å². The number of aryl methyl sites for hydroxylation is 2. The smallest absolute Gasteiger partial charge is 0.258 e. The van der Waals surface area contributed by atoms with Gasteiger partial charge in [-0.3, -0.25) is 10.1 Å². The van der Waals surface area contributed by atoms with E-state index < -0.39 is 4.92 Å². The summed E-state index contributed by atoms with van der Waals surface area (Å²) in [6.45, 7) is 4.01. The van der Waals surface area contributed by atoms with Crippen LogP contribution in [0.4, 0.5) is 5.69 Å². The molecule has 26 heavy (non-hydrogen) atoms. The van der Waals surface area contributed by atoms with Gasteiger partial charge in [-0.25, -0.2) is 4.98 Å². The molecule has 0 spiro atoms. The van der Waals surface area contributed by atoms with Gasteiger partial charge in [0, 0.05) is 22.6 Å². The van der Waals surface area contributed by atoms with Gasteiger partial charge in [-0.1, -0.05) is 29.8 Å². The second-order valence-electron chi connectivity index (χ2n) is 5.81. The summed E-state index contributed by atoms with van der Waals surface area (Å²) < 4.78 is 0. The van der Waals surface area contributed by atoms with Crippen LogP contribution in [0, 0.1) is 35.3 Å². The Hall–Kier alpha value is -3.30. The van der Waals surface area contributed by atoms with Gasteiger partial charge >= 0.3 is 0 Å². The van der Waals surface area contributed by atoms with Crippen LogP contribution in [0.15, 0.2) is 48.5 Å². The van der Waals surface area contributed by atoms with Crippen molar-refractivity contribution in [3.8, 4) is 17.3 Å². The Morgan fingerprint density at radius 2 is 1.81 bits per heavy atom. The van der Waals surface area contributed by atoms with Crippen molar-refractivity contribution < 1.29 is 4.92 Å². The van der Waals surface area contributed by atoms with Gasteiger partial charge in [0.25, 0.3) is 5.69 Å². The highest BCUT2D eigenvalue weighted by molar-refractivity contribution is 7.13. The number of benzene rings is 2. The lowest BCUT2D eigenvalue weighted by atomic mass is 10.1. The lowest BCUT2D eigenvalue weighted by Crippen LogP contribution is -1.87. The Labute approximate surface area is 155 Å². The van der Waals surface area contributed by atoms with Gasteiger partial charge in [0.15, 0.2) is 0 Å². The van der Waals surface area contributed by atoms with Gasteiger partial charge in [0.05, 0.1) is 16.2 Å². The molecule has 0 aliphatic heterocycles. The lowest BCUT2D eigenvalue weighted by molar-refractivity contribution is -0.384. The van der Waals surface area contributed by atoms with Gasteiger partial charge in [-0.15, -0.1) is 11.3 Å². The van der Waals surface area contributed by atoms with E-state index in [0.717, 1.165) is 21.7 Å². The molecule has 0 saturated carbocycles. The molecule has 3 rings (SSSR count). The van der Waals surface area contributed by atoms with E-state index in [1.807, 2.05) is 38.1 Å². The summed E-state index contributed by atoms with van der Waals surface area (Å²) in [5, 5.41) is 20.9. The average Bonchev–Trinajstić information content (AvgIpc) is 3.02. The van der Waals surface area contributed by atoms with Crippen LogP contribution in [0.25, 0.3) is 22.9 Å². The van der Waals surface area contributed by atoms with Crippen molar-refractivity contribution in [2.75, 3.05) is 0 Å². The third-order valence-corrected chi connectivity index (χ3v) is 4.89. The minimum absolute atomic E-state index is 0.0207. The fraction of sp³-hybridized carbons (Fsp3) is 0.100. The number of allylic oxidation sites excluding steroid dienone is 1.